The lowest BCUT2D eigenvalue weighted by molar-refractivity contribution is -0.134. The molecule has 0 fully saturated rings. The smallest absolute Gasteiger partial charge is 0.310 e. The van der Waals surface area contributed by atoms with Crippen molar-refractivity contribution in [3.05, 3.63) is 41.7 Å². The molecule has 26 heavy (non-hydrogen) atoms. The van der Waals surface area contributed by atoms with E-state index < -0.39 is 0 Å². The number of aromatic nitrogens is 2. The Balaban J connectivity index is 1.71. The molecular weight excluding hydrogens is 324 g/mol. The summed E-state index contributed by atoms with van der Waals surface area (Å²) in [5.41, 5.74) is 3.45. The van der Waals surface area contributed by atoms with E-state index in [4.69, 9.17) is 9.72 Å². The first kappa shape index (κ1) is 18.6. The summed E-state index contributed by atoms with van der Waals surface area (Å²) >= 11 is 0. The van der Waals surface area contributed by atoms with Crippen molar-refractivity contribution in [2.45, 2.75) is 59.3 Å². The van der Waals surface area contributed by atoms with E-state index >= 15 is 0 Å². The van der Waals surface area contributed by atoms with Gasteiger partial charge in [0.25, 0.3) is 0 Å². The van der Waals surface area contributed by atoms with Gasteiger partial charge in [-0.2, -0.15) is 0 Å². The average Bonchev–Trinajstić information content (AvgIpc) is 2.68. The Morgan fingerprint density at radius 1 is 1.27 bits per heavy atom. The first-order valence-electron chi connectivity index (χ1n) is 9.74. The zero-order valence-electron chi connectivity index (χ0n) is 16.0. The van der Waals surface area contributed by atoms with Gasteiger partial charge in [-0.05, 0) is 67.3 Å². The zero-order chi connectivity index (χ0) is 18.5. The van der Waals surface area contributed by atoms with Crippen LogP contribution in [0.4, 0.5) is 0 Å². The largest absolute Gasteiger partial charge is 0.427 e. The summed E-state index contributed by atoms with van der Waals surface area (Å²) in [6.07, 6.45) is 8.29. The van der Waals surface area contributed by atoms with Gasteiger partial charge in [0, 0.05) is 23.9 Å². The summed E-state index contributed by atoms with van der Waals surface area (Å²) in [7, 11) is 0. The van der Waals surface area contributed by atoms with Gasteiger partial charge in [0.2, 0.25) is 0 Å². The zero-order valence-corrected chi connectivity index (χ0v) is 16.0. The molecule has 0 N–H and O–H groups in total. The standard InChI is InChI=1S/C22H28N2O2/c1-4-15(3)12-16-6-11-20-18(13-16)14-23-22(24-20)17-7-9-19(10-8-17)26-21(25)5-2/h7-10,14-16H,4-6,11-13H2,1-3H3. The van der Waals surface area contributed by atoms with Crippen LogP contribution >= 0.6 is 0 Å². The van der Waals surface area contributed by atoms with Gasteiger partial charge < -0.3 is 4.74 Å². The summed E-state index contributed by atoms with van der Waals surface area (Å²) in [5.74, 6) is 2.64. The number of nitrogens with zero attached hydrogens (tertiary/aromatic N) is 2. The van der Waals surface area contributed by atoms with Crippen molar-refractivity contribution in [3.8, 4) is 17.1 Å². The highest BCUT2D eigenvalue weighted by Crippen LogP contribution is 2.30. The van der Waals surface area contributed by atoms with Crippen LogP contribution < -0.4 is 4.74 Å². The molecule has 1 aromatic carbocycles. The van der Waals surface area contributed by atoms with Crippen LogP contribution in [0.1, 0.15) is 57.7 Å². The molecule has 0 radical (unpaired) electrons. The minimum Gasteiger partial charge on any atom is -0.427 e. The van der Waals surface area contributed by atoms with Crippen LogP contribution in [0.5, 0.6) is 5.75 Å². The maximum atomic E-state index is 11.4. The van der Waals surface area contributed by atoms with E-state index in [0.717, 1.165) is 36.1 Å². The van der Waals surface area contributed by atoms with Gasteiger partial charge in [-0.1, -0.05) is 27.2 Å². The molecule has 4 nitrogen and oxygen atoms in total. The highest BCUT2D eigenvalue weighted by Gasteiger charge is 2.22. The van der Waals surface area contributed by atoms with Crippen molar-refractivity contribution in [3.63, 3.8) is 0 Å². The summed E-state index contributed by atoms with van der Waals surface area (Å²) in [6, 6.07) is 7.42. The topological polar surface area (TPSA) is 52.1 Å². The van der Waals surface area contributed by atoms with E-state index in [1.807, 2.05) is 18.3 Å². The van der Waals surface area contributed by atoms with Crippen molar-refractivity contribution >= 4 is 5.97 Å². The van der Waals surface area contributed by atoms with E-state index in [2.05, 4.69) is 18.8 Å². The number of esters is 1. The quantitative estimate of drug-likeness (QED) is 0.542. The second kappa shape index (κ2) is 8.43. The third kappa shape index (κ3) is 4.48. The number of aryl methyl sites for hydroxylation is 1. The SMILES string of the molecule is CCC(=O)Oc1ccc(-c2ncc3c(n2)CCC(CC(C)CC)C3)cc1. The fraction of sp³-hybridized carbons (Fsp3) is 0.500. The lowest BCUT2D eigenvalue weighted by Crippen LogP contribution is -2.18. The lowest BCUT2D eigenvalue weighted by atomic mass is 9.81. The summed E-state index contributed by atoms with van der Waals surface area (Å²) < 4.78 is 5.22. The summed E-state index contributed by atoms with van der Waals surface area (Å²) in [5, 5.41) is 0. The van der Waals surface area contributed by atoms with E-state index in [9.17, 15) is 4.79 Å². The molecule has 1 heterocycles. The van der Waals surface area contributed by atoms with Gasteiger partial charge >= 0.3 is 5.97 Å². The average molecular weight is 352 g/mol. The predicted molar refractivity (Wildman–Crippen MR) is 103 cm³/mol. The van der Waals surface area contributed by atoms with Crippen molar-refractivity contribution < 1.29 is 9.53 Å². The normalized spacial score (nSPS) is 17.4. The molecule has 138 valence electrons. The number of carbonyl (C=O) groups is 1. The molecule has 1 aromatic heterocycles. The first-order chi connectivity index (χ1) is 12.6. The van der Waals surface area contributed by atoms with E-state index in [1.165, 1.54) is 30.5 Å². The van der Waals surface area contributed by atoms with Crippen LogP contribution in [-0.2, 0) is 17.6 Å². The predicted octanol–water partition coefficient (Wildman–Crippen LogP) is 5.00. The van der Waals surface area contributed by atoms with Gasteiger partial charge in [-0.3, -0.25) is 4.79 Å². The molecule has 0 amide bonds. The first-order valence-corrected chi connectivity index (χ1v) is 9.74. The van der Waals surface area contributed by atoms with Gasteiger partial charge in [0.05, 0.1) is 0 Å². The number of fused-ring (bicyclic) bond motifs is 1. The van der Waals surface area contributed by atoms with Crippen molar-refractivity contribution in [2.75, 3.05) is 0 Å². The Morgan fingerprint density at radius 3 is 2.73 bits per heavy atom. The fourth-order valence-electron chi connectivity index (χ4n) is 3.53. The van der Waals surface area contributed by atoms with Crippen molar-refractivity contribution in [2.24, 2.45) is 11.8 Å². The minimum atomic E-state index is -0.227. The maximum Gasteiger partial charge on any atom is 0.310 e. The second-order valence-corrected chi connectivity index (χ2v) is 7.38. The van der Waals surface area contributed by atoms with Crippen molar-refractivity contribution in [1.82, 2.24) is 9.97 Å². The van der Waals surface area contributed by atoms with Crippen LogP contribution in [0, 0.1) is 11.8 Å². The van der Waals surface area contributed by atoms with Gasteiger partial charge in [-0.15, -0.1) is 0 Å². The van der Waals surface area contributed by atoms with Crippen LogP contribution in [-0.4, -0.2) is 15.9 Å². The van der Waals surface area contributed by atoms with Crippen LogP contribution in [0.2, 0.25) is 0 Å². The van der Waals surface area contributed by atoms with E-state index in [-0.39, 0.29) is 5.97 Å². The molecule has 0 aliphatic heterocycles. The molecule has 2 atom stereocenters. The van der Waals surface area contributed by atoms with Crippen LogP contribution in [0.3, 0.4) is 0 Å². The molecule has 0 bridgehead atoms. The summed E-state index contributed by atoms with van der Waals surface area (Å²) in [6.45, 7) is 6.40. The lowest BCUT2D eigenvalue weighted by Gasteiger charge is -2.26. The highest BCUT2D eigenvalue weighted by molar-refractivity contribution is 5.72. The number of carbonyl (C=O) groups excluding carboxylic acids is 1. The second-order valence-electron chi connectivity index (χ2n) is 7.38. The minimum absolute atomic E-state index is 0.227. The van der Waals surface area contributed by atoms with Crippen molar-refractivity contribution in [1.29, 1.82) is 0 Å². The molecule has 0 saturated heterocycles. The monoisotopic (exact) mass is 352 g/mol. The number of hydrogen-bond donors (Lipinski definition) is 0. The van der Waals surface area contributed by atoms with E-state index in [1.54, 1.807) is 19.1 Å². The molecule has 1 aliphatic rings. The van der Waals surface area contributed by atoms with Crippen LogP contribution in [0.15, 0.2) is 30.5 Å². The van der Waals surface area contributed by atoms with Gasteiger partial charge in [-0.25, -0.2) is 9.97 Å². The van der Waals surface area contributed by atoms with Crippen LogP contribution in [0.25, 0.3) is 11.4 Å². The van der Waals surface area contributed by atoms with E-state index in [0.29, 0.717) is 12.2 Å². The Hall–Kier alpha value is -2.23. The highest BCUT2D eigenvalue weighted by atomic mass is 16.5. The summed E-state index contributed by atoms with van der Waals surface area (Å²) in [4.78, 5) is 20.8. The molecule has 0 spiro atoms. The molecule has 4 heteroatoms. The molecule has 1 aliphatic carbocycles. The molecule has 3 rings (SSSR count). The maximum absolute atomic E-state index is 11.4. The number of benzene rings is 1. The van der Waals surface area contributed by atoms with Gasteiger partial charge in [0.15, 0.2) is 5.82 Å². The number of ether oxygens (including phenoxy) is 1. The molecule has 2 aromatic rings. The Labute approximate surface area is 156 Å². The Bertz CT molecular complexity index is 755. The Kier molecular flexibility index (Phi) is 6.02. The third-order valence-corrected chi connectivity index (χ3v) is 5.32. The third-order valence-electron chi connectivity index (χ3n) is 5.32. The fourth-order valence-corrected chi connectivity index (χ4v) is 3.53. The molecule has 2 unspecified atom stereocenters. The number of rotatable bonds is 6. The number of hydrogen-bond acceptors (Lipinski definition) is 4. The molecular formula is C22H28N2O2. The van der Waals surface area contributed by atoms with Gasteiger partial charge in [0.1, 0.15) is 5.75 Å². The Morgan fingerprint density at radius 2 is 2.04 bits per heavy atom. The molecule has 0 saturated carbocycles.